The van der Waals surface area contributed by atoms with E-state index in [9.17, 15) is 9.59 Å². The SMILES string of the molecule is CC(=O)N(CCC(=O)N(Cc1ccccc1)C(C)C)c1cccc(Cl)c1. The zero-order chi connectivity index (χ0) is 19.1. The van der Waals surface area contributed by atoms with E-state index in [0.717, 1.165) is 5.56 Å². The minimum atomic E-state index is -0.112. The van der Waals surface area contributed by atoms with Crippen LogP contribution in [0.25, 0.3) is 0 Å². The molecule has 0 aliphatic carbocycles. The van der Waals surface area contributed by atoms with E-state index >= 15 is 0 Å². The molecule has 5 heteroatoms. The highest BCUT2D eigenvalue weighted by Gasteiger charge is 2.20. The molecule has 0 radical (unpaired) electrons. The number of amides is 2. The van der Waals surface area contributed by atoms with Crippen molar-refractivity contribution in [2.24, 2.45) is 0 Å². The molecule has 4 nitrogen and oxygen atoms in total. The van der Waals surface area contributed by atoms with Gasteiger partial charge in [-0.15, -0.1) is 0 Å². The van der Waals surface area contributed by atoms with Crippen molar-refractivity contribution < 1.29 is 9.59 Å². The summed E-state index contributed by atoms with van der Waals surface area (Å²) in [6.45, 7) is 6.39. The summed E-state index contributed by atoms with van der Waals surface area (Å²) in [6.07, 6.45) is 0.261. The molecule has 0 N–H and O–H groups in total. The molecule has 26 heavy (non-hydrogen) atoms. The third kappa shape index (κ3) is 5.60. The monoisotopic (exact) mass is 372 g/mol. The van der Waals surface area contributed by atoms with Gasteiger partial charge < -0.3 is 9.80 Å². The van der Waals surface area contributed by atoms with Crippen molar-refractivity contribution in [1.29, 1.82) is 0 Å². The first-order chi connectivity index (χ1) is 12.4. The maximum atomic E-state index is 12.8. The standard InChI is InChI=1S/C21H25ClN2O2/c1-16(2)24(15-18-8-5-4-6-9-18)21(26)12-13-23(17(3)25)20-11-7-10-19(22)14-20/h4-11,14,16H,12-13,15H2,1-3H3. The number of hydrogen-bond donors (Lipinski definition) is 0. The molecule has 0 unspecified atom stereocenters. The Kier molecular flexibility index (Phi) is 7.22. The summed E-state index contributed by atoms with van der Waals surface area (Å²) in [6, 6.07) is 17.1. The molecule has 0 saturated carbocycles. The summed E-state index contributed by atoms with van der Waals surface area (Å²) in [5, 5.41) is 0.563. The summed E-state index contributed by atoms with van der Waals surface area (Å²) < 4.78 is 0. The number of benzene rings is 2. The molecule has 0 bridgehead atoms. The third-order valence-corrected chi connectivity index (χ3v) is 4.42. The van der Waals surface area contributed by atoms with Crippen molar-refractivity contribution >= 4 is 29.1 Å². The summed E-state index contributed by atoms with van der Waals surface area (Å²) >= 11 is 6.03. The van der Waals surface area contributed by atoms with Gasteiger partial charge in [0, 0.05) is 43.2 Å². The van der Waals surface area contributed by atoms with Gasteiger partial charge in [-0.3, -0.25) is 9.59 Å². The van der Waals surface area contributed by atoms with Gasteiger partial charge in [-0.1, -0.05) is 48.0 Å². The molecule has 0 fully saturated rings. The van der Waals surface area contributed by atoms with Crippen LogP contribution in [-0.4, -0.2) is 29.3 Å². The number of anilines is 1. The average Bonchev–Trinajstić information content (AvgIpc) is 2.60. The van der Waals surface area contributed by atoms with Gasteiger partial charge in [0.25, 0.3) is 0 Å². The van der Waals surface area contributed by atoms with Crippen molar-refractivity contribution in [2.45, 2.75) is 39.8 Å². The lowest BCUT2D eigenvalue weighted by Gasteiger charge is -2.28. The molecule has 2 aromatic rings. The maximum Gasteiger partial charge on any atom is 0.224 e. The molecule has 0 spiro atoms. The molecule has 138 valence electrons. The van der Waals surface area contributed by atoms with Crippen molar-refractivity contribution in [3.63, 3.8) is 0 Å². The predicted molar refractivity (Wildman–Crippen MR) is 106 cm³/mol. The first-order valence-electron chi connectivity index (χ1n) is 8.75. The van der Waals surface area contributed by atoms with E-state index in [1.54, 1.807) is 23.1 Å². The van der Waals surface area contributed by atoms with Crippen LogP contribution >= 0.6 is 11.6 Å². The van der Waals surface area contributed by atoms with Gasteiger partial charge >= 0.3 is 0 Å². The Balaban J connectivity index is 2.06. The number of carbonyl (C=O) groups is 2. The Bertz CT molecular complexity index is 747. The van der Waals surface area contributed by atoms with Gasteiger partial charge in [0.05, 0.1) is 0 Å². The Morgan fingerprint density at radius 1 is 1.04 bits per heavy atom. The lowest BCUT2D eigenvalue weighted by Crippen LogP contribution is -2.39. The maximum absolute atomic E-state index is 12.8. The fourth-order valence-electron chi connectivity index (χ4n) is 2.80. The first-order valence-corrected chi connectivity index (χ1v) is 9.13. The molecule has 0 atom stereocenters. The second kappa shape index (κ2) is 9.39. The van der Waals surface area contributed by atoms with E-state index in [4.69, 9.17) is 11.6 Å². The second-order valence-corrected chi connectivity index (χ2v) is 6.94. The number of nitrogens with zero attached hydrogens (tertiary/aromatic N) is 2. The fraction of sp³-hybridized carbons (Fsp3) is 0.333. The smallest absolute Gasteiger partial charge is 0.224 e. The molecule has 0 aliphatic rings. The van der Waals surface area contributed by atoms with Crippen LogP contribution < -0.4 is 4.90 Å². The normalized spacial score (nSPS) is 10.7. The van der Waals surface area contributed by atoms with Crippen LogP contribution in [-0.2, 0) is 16.1 Å². The highest BCUT2D eigenvalue weighted by atomic mass is 35.5. The molecule has 0 heterocycles. The molecule has 0 aliphatic heterocycles. The zero-order valence-corrected chi connectivity index (χ0v) is 16.2. The molecule has 2 amide bonds. The average molecular weight is 373 g/mol. The fourth-order valence-corrected chi connectivity index (χ4v) is 2.99. The van der Waals surface area contributed by atoms with Crippen molar-refractivity contribution in [3.8, 4) is 0 Å². The topological polar surface area (TPSA) is 40.6 Å². The Hall–Kier alpha value is -2.33. The first kappa shape index (κ1) is 20.0. The van der Waals surface area contributed by atoms with Gasteiger partial charge in [0.1, 0.15) is 0 Å². The number of carbonyl (C=O) groups excluding carboxylic acids is 2. The summed E-state index contributed by atoms with van der Waals surface area (Å²) in [7, 11) is 0. The highest BCUT2D eigenvalue weighted by Crippen LogP contribution is 2.20. The molecular formula is C21H25ClN2O2. The Labute approximate surface area is 160 Å². The molecular weight excluding hydrogens is 348 g/mol. The number of rotatable bonds is 7. The van der Waals surface area contributed by atoms with Crippen LogP contribution in [0.1, 0.15) is 32.8 Å². The van der Waals surface area contributed by atoms with Crippen molar-refractivity contribution in [2.75, 3.05) is 11.4 Å². The van der Waals surface area contributed by atoms with E-state index in [0.29, 0.717) is 23.8 Å². The summed E-state index contributed by atoms with van der Waals surface area (Å²) in [4.78, 5) is 28.2. The number of halogens is 1. The van der Waals surface area contributed by atoms with E-state index in [1.807, 2.05) is 55.1 Å². The van der Waals surface area contributed by atoms with Gasteiger partial charge in [-0.2, -0.15) is 0 Å². The predicted octanol–water partition coefficient (Wildman–Crippen LogP) is 4.52. The van der Waals surface area contributed by atoms with E-state index in [-0.39, 0.29) is 24.3 Å². The largest absolute Gasteiger partial charge is 0.336 e. The van der Waals surface area contributed by atoms with Gasteiger partial charge in [0.2, 0.25) is 11.8 Å². The van der Waals surface area contributed by atoms with Crippen LogP contribution in [0.4, 0.5) is 5.69 Å². The Morgan fingerprint density at radius 3 is 2.31 bits per heavy atom. The van der Waals surface area contributed by atoms with E-state index in [2.05, 4.69) is 0 Å². The van der Waals surface area contributed by atoms with Crippen LogP contribution in [0.2, 0.25) is 5.02 Å². The molecule has 0 saturated heterocycles. The quantitative estimate of drug-likeness (QED) is 0.716. The van der Waals surface area contributed by atoms with E-state index < -0.39 is 0 Å². The molecule has 2 aromatic carbocycles. The zero-order valence-electron chi connectivity index (χ0n) is 15.5. The van der Waals surface area contributed by atoms with Gasteiger partial charge in [0.15, 0.2) is 0 Å². The van der Waals surface area contributed by atoms with Crippen molar-refractivity contribution in [3.05, 3.63) is 65.2 Å². The van der Waals surface area contributed by atoms with Crippen molar-refractivity contribution in [1.82, 2.24) is 4.90 Å². The van der Waals surface area contributed by atoms with Gasteiger partial charge in [-0.25, -0.2) is 0 Å². The third-order valence-electron chi connectivity index (χ3n) is 4.19. The lowest BCUT2D eigenvalue weighted by molar-refractivity contribution is -0.133. The van der Waals surface area contributed by atoms with Crippen LogP contribution in [0, 0.1) is 0 Å². The highest BCUT2D eigenvalue weighted by molar-refractivity contribution is 6.30. The van der Waals surface area contributed by atoms with Crippen LogP contribution in [0.15, 0.2) is 54.6 Å². The summed E-state index contributed by atoms with van der Waals surface area (Å²) in [5.74, 6) is -0.0867. The van der Waals surface area contributed by atoms with Crippen LogP contribution in [0.3, 0.4) is 0 Å². The second-order valence-electron chi connectivity index (χ2n) is 6.50. The van der Waals surface area contributed by atoms with Crippen LogP contribution in [0.5, 0.6) is 0 Å². The van der Waals surface area contributed by atoms with E-state index in [1.165, 1.54) is 6.92 Å². The van der Waals surface area contributed by atoms with Gasteiger partial charge in [-0.05, 0) is 37.6 Å². The minimum Gasteiger partial charge on any atom is -0.336 e. The Morgan fingerprint density at radius 2 is 1.73 bits per heavy atom. The lowest BCUT2D eigenvalue weighted by atomic mass is 10.1. The summed E-state index contributed by atoms with van der Waals surface area (Å²) in [5.41, 5.74) is 1.80. The number of hydrogen-bond acceptors (Lipinski definition) is 2. The minimum absolute atomic E-state index is 0.0251. The molecule has 0 aromatic heterocycles. The molecule has 2 rings (SSSR count).